The molecule has 1 atom stereocenters. The van der Waals surface area contributed by atoms with Gasteiger partial charge in [0, 0.05) is 5.56 Å². The summed E-state index contributed by atoms with van der Waals surface area (Å²) in [5.41, 5.74) is 7.54. The zero-order valence-electron chi connectivity index (χ0n) is 11.5. The number of ether oxygens (including phenoxy) is 2. The van der Waals surface area contributed by atoms with E-state index in [0.29, 0.717) is 27.1 Å². The van der Waals surface area contributed by atoms with Gasteiger partial charge in [-0.25, -0.2) is 4.39 Å². The van der Waals surface area contributed by atoms with Gasteiger partial charge in [0.1, 0.15) is 21.8 Å². The van der Waals surface area contributed by atoms with E-state index in [1.54, 1.807) is 25.3 Å². The molecule has 0 saturated carbocycles. The van der Waals surface area contributed by atoms with Gasteiger partial charge in [0.2, 0.25) is 0 Å². The van der Waals surface area contributed by atoms with Crippen LogP contribution in [0.3, 0.4) is 0 Å². The number of halogens is 3. The minimum absolute atomic E-state index is 0.0637. The van der Waals surface area contributed by atoms with Crippen molar-refractivity contribution < 1.29 is 13.9 Å². The SMILES string of the molecule is COc1ccc(C(N)c2ccc(Cl)c(F)c2)c(OC)c1Br. The van der Waals surface area contributed by atoms with Gasteiger partial charge in [0.05, 0.1) is 25.3 Å². The maximum Gasteiger partial charge on any atom is 0.142 e. The standard InChI is InChI=1S/C15H14BrClFNO2/c1-20-12-6-4-9(15(21-2)13(12)16)14(19)8-3-5-10(17)11(18)7-8/h3-7,14H,19H2,1-2H3. The number of nitrogens with two attached hydrogens (primary N) is 1. The van der Waals surface area contributed by atoms with Crippen molar-refractivity contribution in [3.63, 3.8) is 0 Å². The highest BCUT2D eigenvalue weighted by Gasteiger charge is 2.19. The van der Waals surface area contributed by atoms with Gasteiger partial charge in [-0.15, -0.1) is 0 Å². The summed E-state index contributed by atoms with van der Waals surface area (Å²) >= 11 is 9.11. The van der Waals surface area contributed by atoms with Crippen LogP contribution >= 0.6 is 27.5 Å². The second-order valence-electron chi connectivity index (χ2n) is 4.36. The Kier molecular flexibility index (Phi) is 5.08. The number of rotatable bonds is 4. The second kappa shape index (κ2) is 6.64. The Bertz CT molecular complexity index is 666. The van der Waals surface area contributed by atoms with Crippen molar-refractivity contribution in [2.75, 3.05) is 14.2 Å². The minimum Gasteiger partial charge on any atom is -0.495 e. The average molecular weight is 375 g/mol. The predicted molar refractivity (Wildman–Crippen MR) is 84.7 cm³/mol. The van der Waals surface area contributed by atoms with Crippen LogP contribution in [0.2, 0.25) is 5.02 Å². The molecule has 2 aromatic rings. The normalized spacial score (nSPS) is 12.1. The van der Waals surface area contributed by atoms with E-state index in [4.69, 9.17) is 26.8 Å². The summed E-state index contributed by atoms with van der Waals surface area (Å²) < 4.78 is 24.9. The molecule has 112 valence electrons. The van der Waals surface area contributed by atoms with E-state index in [1.807, 2.05) is 0 Å². The first-order chi connectivity index (χ1) is 9.99. The van der Waals surface area contributed by atoms with Crippen LogP contribution in [0.1, 0.15) is 17.2 Å². The topological polar surface area (TPSA) is 44.5 Å². The Labute approximate surface area is 135 Å². The lowest BCUT2D eigenvalue weighted by atomic mass is 9.98. The zero-order chi connectivity index (χ0) is 15.6. The quantitative estimate of drug-likeness (QED) is 0.867. The lowest BCUT2D eigenvalue weighted by Crippen LogP contribution is -2.13. The van der Waals surface area contributed by atoms with Crippen molar-refractivity contribution in [2.24, 2.45) is 5.73 Å². The van der Waals surface area contributed by atoms with Crippen molar-refractivity contribution in [2.45, 2.75) is 6.04 Å². The van der Waals surface area contributed by atoms with Gasteiger partial charge >= 0.3 is 0 Å². The third kappa shape index (κ3) is 3.15. The van der Waals surface area contributed by atoms with E-state index in [0.717, 1.165) is 0 Å². The molecule has 0 saturated heterocycles. The monoisotopic (exact) mass is 373 g/mol. The Morgan fingerprint density at radius 1 is 1.19 bits per heavy atom. The van der Waals surface area contributed by atoms with Crippen LogP contribution in [0.5, 0.6) is 11.5 Å². The summed E-state index contributed by atoms with van der Waals surface area (Å²) in [5.74, 6) is 0.679. The summed E-state index contributed by atoms with van der Waals surface area (Å²) in [4.78, 5) is 0. The molecule has 6 heteroatoms. The van der Waals surface area contributed by atoms with Crippen LogP contribution in [0.15, 0.2) is 34.8 Å². The molecule has 0 radical (unpaired) electrons. The van der Waals surface area contributed by atoms with Gasteiger partial charge in [-0.05, 0) is 45.8 Å². The molecule has 2 N–H and O–H groups in total. The Morgan fingerprint density at radius 3 is 2.48 bits per heavy atom. The van der Waals surface area contributed by atoms with Crippen LogP contribution in [0.25, 0.3) is 0 Å². The third-order valence-electron chi connectivity index (χ3n) is 3.15. The molecule has 3 nitrogen and oxygen atoms in total. The predicted octanol–water partition coefficient (Wildman–Crippen LogP) is 4.31. The highest BCUT2D eigenvalue weighted by Crippen LogP contribution is 2.40. The molecule has 1 unspecified atom stereocenters. The van der Waals surface area contributed by atoms with Crippen LogP contribution < -0.4 is 15.2 Å². The molecule has 0 aliphatic carbocycles. The Morgan fingerprint density at radius 2 is 1.90 bits per heavy atom. The molecule has 0 fully saturated rings. The molecule has 0 spiro atoms. The highest BCUT2D eigenvalue weighted by molar-refractivity contribution is 9.10. The van der Waals surface area contributed by atoms with E-state index >= 15 is 0 Å². The molecular weight excluding hydrogens is 361 g/mol. The molecule has 0 aliphatic rings. The van der Waals surface area contributed by atoms with E-state index < -0.39 is 11.9 Å². The number of hydrogen-bond acceptors (Lipinski definition) is 3. The van der Waals surface area contributed by atoms with Gasteiger partial charge < -0.3 is 15.2 Å². The molecule has 0 aliphatic heterocycles. The van der Waals surface area contributed by atoms with Gasteiger partial charge in [-0.2, -0.15) is 0 Å². The summed E-state index contributed by atoms with van der Waals surface area (Å²) in [7, 11) is 3.10. The lowest BCUT2D eigenvalue weighted by Gasteiger charge is -2.19. The van der Waals surface area contributed by atoms with Crippen LogP contribution in [-0.2, 0) is 0 Å². The number of hydrogen-bond donors (Lipinski definition) is 1. The van der Waals surface area contributed by atoms with Crippen LogP contribution in [0.4, 0.5) is 4.39 Å². The van der Waals surface area contributed by atoms with E-state index in [1.165, 1.54) is 19.2 Å². The van der Waals surface area contributed by atoms with Gasteiger partial charge in [-0.3, -0.25) is 0 Å². The fourth-order valence-electron chi connectivity index (χ4n) is 2.05. The van der Waals surface area contributed by atoms with Crippen molar-refractivity contribution in [3.05, 3.63) is 56.8 Å². The maximum atomic E-state index is 13.6. The average Bonchev–Trinajstić information content (AvgIpc) is 2.49. The van der Waals surface area contributed by atoms with Gasteiger partial charge in [0.25, 0.3) is 0 Å². The first-order valence-electron chi connectivity index (χ1n) is 6.10. The smallest absolute Gasteiger partial charge is 0.142 e. The second-order valence-corrected chi connectivity index (χ2v) is 5.56. The zero-order valence-corrected chi connectivity index (χ0v) is 13.8. The third-order valence-corrected chi connectivity index (χ3v) is 4.21. The first-order valence-corrected chi connectivity index (χ1v) is 7.27. The Hall–Kier alpha value is -1.30. The molecular formula is C15H14BrClFNO2. The Balaban J connectivity index is 2.50. The van der Waals surface area contributed by atoms with Crippen molar-refractivity contribution >= 4 is 27.5 Å². The molecule has 0 bridgehead atoms. The summed E-state index contributed by atoms with van der Waals surface area (Å²) in [6, 6.07) is 7.51. The number of methoxy groups -OCH3 is 2. The fourth-order valence-corrected chi connectivity index (χ4v) is 2.85. The summed E-state index contributed by atoms with van der Waals surface area (Å²) in [6.07, 6.45) is 0. The van der Waals surface area contributed by atoms with Gasteiger partial charge in [-0.1, -0.05) is 17.7 Å². The molecule has 2 aromatic carbocycles. The van der Waals surface area contributed by atoms with Crippen LogP contribution in [0, 0.1) is 5.82 Å². The highest BCUT2D eigenvalue weighted by atomic mass is 79.9. The minimum atomic E-state index is -0.547. The summed E-state index contributed by atoms with van der Waals surface area (Å²) in [5, 5.41) is 0.0637. The molecule has 2 rings (SSSR count). The van der Waals surface area contributed by atoms with Crippen molar-refractivity contribution in [1.29, 1.82) is 0 Å². The number of benzene rings is 2. The summed E-state index contributed by atoms with van der Waals surface area (Å²) in [6.45, 7) is 0. The molecule has 0 aromatic heterocycles. The fraction of sp³-hybridized carbons (Fsp3) is 0.200. The van der Waals surface area contributed by atoms with E-state index in [2.05, 4.69) is 15.9 Å². The van der Waals surface area contributed by atoms with E-state index in [9.17, 15) is 4.39 Å². The van der Waals surface area contributed by atoms with Gasteiger partial charge in [0.15, 0.2) is 0 Å². The molecule has 21 heavy (non-hydrogen) atoms. The van der Waals surface area contributed by atoms with E-state index in [-0.39, 0.29) is 5.02 Å². The van der Waals surface area contributed by atoms with Crippen LogP contribution in [-0.4, -0.2) is 14.2 Å². The maximum absolute atomic E-state index is 13.6. The first kappa shape index (κ1) is 16.1. The largest absolute Gasteiger partial charge is 0.495 e. The molecule has 0 heterocycles. The lowest BCUT2D eigenvalue weighted by molar-refractivity contribution is 0.385. The van der Waals surface area contributed by atoms with Crippen molar-refractivity contribution in [3.8, 4) is 11.5 Å². The molecule has 0 amide bonds. The van der Waals surface area contributed by atoms with Crippen molar-refractivity contribution in [1.82, 2.24) is 0 Å².